The molecule has 1 atom stereocenters. The highest BCUT2D eigenvalue weighted by molar-refractivity contribution is 5.90. The Morgan fingerprint density at radius 2 is 1.93 bits per heavy atom. The Morgan fingerprint density at radius 1 is 1.17 bits per heavy atom. The lowest BCUT2D eigenvalue weighted by molar-refractivity contribution is 0.145. The van der Waals surface area contributed by atoms with E-state index in [1.165, 1.54) is 0 Å². The van der Waals surface area contributed by atoms with E-state index in [1.807, 2.05) is 30.5 Å². The van der Waals surface area contributed by atoms with Crippen LogP contribution in [0.15, 0.2) is 23.1 Å². The van der Waals surface area contributed by atoms with E-state index >= 15 is 0 Å². The summed E-state index contributed by atoms with van der Waals surface area (Å²) < 4.78 is 12.7. The first-order valence-electron chi connectivity index (χ1n) is 9.85. The van der Waals surface area contributed by atoms with E-state index in [4.69, 9.17) is 9.47 Å². The molecule has 0 N–H and O–H groups in total. The van der Waals surface area contributed by atoms with Crippen LogP contribution >= 0.6 is 0 Å². The molecule has 0 radical (unpaired) electrons. The van der Waals surface area contributed by atoms with Crippen molar-refractivity contribution in [2.45, 2.75) is 39.7 Å². The first-order chi connectivity index (χ1) is 14.0. The number of methoxy groups -OCH3 is 2. The Morgan fingerprint density at radius 3 is 2.59 bits per heavy atom. The minimum Gasteiger partial charge on any atom is -0.481 e. The molecule has 29 heavy (non-hydrogen) atoms. The molecule has 7 heteroatoms. The van der Waals surface area contributed by atoms with Gasteiger partial charge in [-0.05, 0) is 51.7 Å². The van der Waals surface area contributed by atoms with Crippen molar-refractivity contribution in [3.05, 3.63) is 45.6 Å². The molecule has 0 bridgehead atoms. The van der Waals surface area contributed by atoms with Gasteiger partial charge in [-0.3, -0.25) is 14.3 Å². The second kappa shape index (κ2) is 7.55. The predicted octanol–water partition coefficient (Wildman–Crippen LogP) is 3.38. The molecular formula is C22H26N4O3. The Hall–Kier alpha value is -2.80. The number of ether oxygens (including phenoxy) is 2. The van der Waals surface area contributed by atoms with Gasteiger partial charge in [-0.25, -0.2) is 9.97 Å². The molecule has 3 aromatic heterocycles. The topological polar surface area (TPSA) is 79.1 Å². The summed E-state index contributed by atoms with van der Waals surface area (Å²) in [5.74, 6) is 1.06. The molecule has 1 saturated carbocycles. The zero-order valence-corrected chi connectivity index (χ0v) is 17.5. The van der Waals surface area contributed by atoms with Gasteiger partial charge in [-0.2, -0.15) is 0 Å². The molecule has 1 aliphatic carbocycles. The molecule has 1 aliphatic rings. The van der Waals surface area contributed by atoms with Crippen LogP contribution < -0.4 is 10.3 Å². The second-order valence-electron chi connectivity index (χ2n) is 7.71. The first kappa shape index (κ1) is 19.5. The summed E-state index contributed by atoms with van der Waals surface area (Å²) in [6.45, 7) is 6.15. The number of aromatic nitrogens is 4. The molecule has 4 rings (SSSR count). The number of nitrogens with zero attached hydrogens (tertiary/aromatic N) is 4. The molecule has 0 aromatic carbocycles. The van der Waals surface area contributed by atoms with E-state index in [0.717, 1.165) is 40.9 Å². The average molecular weight is 394 g/mol. The molecule has 7 nitrogen and oxygen atoms in total. The zero-order chi connectivity index (χ0) is 20.7. The molecule has 0 spiro atoms. The third-order valence-corrected chi connectivity index (χ3v) is 5.61. The lowest BCUT2D eigenvalue weighted by Crippen LogP contribution is -2.31. The lowest BCUT2D eigenvalue weighted by atomic mass is 10.1. The lowest BCUT2D eigenvalue weighted by Gasteiger charge is -2.22. The van der Waals surface area contributed by atoms with Crippen molar-refractivity contribution in [1.29, 1.82) is 0 Å². The molecular weight excluding hydrogens is 368 g/mol. The Balaban J connectivity index is 2.00. The number of hydrogen-bond donors (Lipinski definition) is 0. The molecule has 3 aromatic rings. The molecule has 152 valence electrons. The summed E-state index contributed by atoms with van der Waals surface area (Å²) in [6.07, 6.45) is 3.96. The average Bonchev–Trinajstić information content (AvgIpc) is 3.54. The van der Waals surface area contributed by atoms with Crippen molar-refractivity contribution >= 4 is 11.0 Å². The monoisotopic (exact) mass is 394 g/mol. The van der Waals surface area contributed by atoms with Gasteiger partial charge in [0.05, 0.1) is 36.7 Å². The van der Waals surface area contributed by atoms with Crippen LogP contribution in [0.2, 0.25) is 0 Å². The minimum atomic E-state index is -0.0654. The predicted molar refractivity (Wildman–Crippen MR) is 111 cm³/mol. The largest absolute Gasteiger partial charge is 0.481 e. The number of rotatable bonds is 6. The van der Waals surface area contributed by atoms with Crippen LogP contribution in [0.25, 0.3) is 22.3 Å². The van der Waals surface area contributed by atoms with Crippen LogP contribution in [-0.2, 0) is 4.74 Å². The highest BCUT2D eigenvalue weighted by atomic mass is 16.5. The maximum atomic E-state index is 13.1. The van der Waals surface area contributed by atoms with Crippen LogP contribution in [0.1, 0.15) is 35.8 Å². The maximum Gasteiger partial charge on any atom is 0.272 e. The third-order valence-electron chi connectivity index (χ3n) is 5.61. The third kappa shape index (κ3) is 3.40. The summed E-state index contributed by atoms with van der Waals surface area (Å²) in [7, 11) is 3.29. The van der Waals surface area contributed by atoms with Crippen molar-refractivity contribution in [2.24, 2.45) is 5.92 Å². The summed E-state index contributed by atoms with van der Waals surface area (Å²) in [5.41, 5.74) is 5.23. The van der Waals surface area contributed by atoms with Crippen LogP contribution in [0.5, 0.6) is 5.88 Å². The van der Waals surface area contributed by atoms with E-state index in [1.54, 1.807) is 27.3 Å². The molecule has 0 saturated heterocycles. The van der Waals surface area contributed by atoms with Crippen molar-refractivity contribution in [1.82, 2.24) is 19.5 Å². The van der Waals surface area contributed by atoms with Gasteiger partial charge in [0.25, 0.3) is 5.56 Å². The van der Waals surface area contributed by atoms with Crippen molar-refractivity contribution in [2.75, 3.05) is 20.8 Å². The fourth-order valence-electron chi connectivity index (χ4n) is 3.98. The van der Waals surface area contributed by atoms with Gasteiger partial charge in [0.2, 0.25) is 5.88 Å². The summed E-state index contributed by atoms with van der Waals surface area (Å²) in [5, 5.41) is 0. The van der Waals surface area contributed by atoms with Crippen molar-refractivity contribution in [3.8, 4) is 17.1 Å². The highest BCUT2D eigenvalue weighted by Crippen LogP contribution is 2.41. The van der Waals surface area contributed by atoms with Gasteiger partial charge in [0, 0.05) is 24.4 Å². The van der Waals surface area contributed by atoms with Crippen LogP contribution in [0.4, 0.5) is 0 Å². The normalized spacial score (nSPS) is 14.9. The first-order valence-corrected chi connectivity index (χ1v) is 9.85. The molecule has 0 unspecified atom stereocenters. The van der Waals surface area contributed by atoms with Crippen LogP contribution in [0.3, 0.4) is 0 Å². The second-order valence-corrected chi connectivity index (χ2v) is 7.71. The minimum absolute atomic E-state index is 0.00350. The fraction of sp³-hybridized carbons (Fsp3) is 0.455. The van der Waals surface area contributed by atoms with E-state index in [9.17, 15) is 4.79 Å². The maximum absolute atomic E-state index is 13.1. The smallest absolute Gasteiger partial charge is 0.272 e. The van der Waals surface area contributed by atoms with Gasteiger partial charge in [0.15, 0.2) is 0 Å². The zero-order valence-electron chi connectivity index (χ0n) is 17.5. The summed E-state index contributed by atoms with van der Waals surface area (Å²) in [4.78, 5) is 26.9. The number of hydrogen-bond acceptors (Lipinski definition) is 6. The molecule has 3 heterocycles. The van der Waals surface area contributed by atoms with E-state index in [-0.39, 0.29) is 11.6 Å². The highest BCUT2D eigenvalue weighted by Gasteiger charge is 2.34. The fourth-order valence-corrected chi connectivity index (χ4v) is 3.98. The Labute approximate surface area is 169 Å². The molecule has 0 amide bonds. The van der Waals surface area contributed by atoms with Gasteiger partial charge >= 0.3 is 0 Å². The van der Waals surface area contributed by atoms with Gasteiger partial charge in [-0.1, -0.05) is 0 Å². The number of pyridine rings is 2. The van der Waals surface area contributed by atoms with Crippen LogP contribution in [0, 0.1) is 26.7 Å². The summed E-state index contributed by atoms with van der Waals surface area (Å²) >= 11 is 0. The van der Waals surface area contributed by atoms with Gasteiger partial charge in [0.1, 0.15) is 11.2 Å². The molecule has 0 aliphatic heterocycles. The number of fused-ring (bicyclic) bond motifs is 1. The van der Waals surface area contributed by atoms with E-state index < -0.39 is 0 Å². The van der Waals surface area contributed by atoms with Crippen molar-refractivity contribution < 1.29 is 9.47 Å². The van der Waals surface area contributed by atoms with Gasteiger partial charge < -0.3 is 9.47 Å². The van der Waals surface area contributed by atoms with Crippen molar-refractivity contribution in [3.63, 3.8) is 0 Å². The Bertz CT molecular complexity index is 1140. The van der Waals surface area contributed by atoms with Gasteiger partial charge in [-0.15, -0.1) is 0 Å². The standard InChI is InChI=1S/C22H26N4O3/c1-12-10-16(13(2)25-21(12)29-5)19-20-17(8-9-23-19)26(22(27)14(3)24-20)18(11-28-4)15-6-7-15/h8-10,15,18H,6-7,11H2,1-5H3/t18-/m1/s1. The summed E-state index contributed by atoms with van der Waals surface area (Å²) in [6, 6.07) is 3.89. The quantitative estimate of drug-likeness (QED) is 0.638. The molecule has 1 fully saturated rings. The van der Waals surface area contributed by atoms with E-state index in [2.05, 4.69) is 15.0 Å². The van der Waals surface area contributed by atoms with E-state index in [0.29, 0.717) is 29.6 Å². The van der Waals surface area contributed by atoms with Crippen LogP contribution in [-0.4, -0.2) is 40.3 Å². The SMILES string of the molecule is COC[C@H](C1CC1)n1c(=O)c(C)nc2c(-c3cc(C)c(OC)nc3C)nccc21. The Kier molecular flexibility index (Phi) is 5.08. The number of aryl methyl sites for hydroxylation is 3.